The molecule has 0 aliphatic carbocycles. The summed E-state index contributed by atoms with van der Waals surface area (Å²) in [6.45, 7) is 5.13. The van der Waals surface area contributed by atoms with E-state index in [1.165, 1.54) is 11.6 Å². The fourth-order valence-corrected chi connectivity index (χ4v) is 2.76. The first kappa shape index (κ1) is 16.0. The van der Waals surface area contributed by atoms with E-state index < -0.39 is 0 Å². The zero-order valence-corrected chi connectivity index (χ0v) is 14.1. The van der Waals surface area contributed by atoms with Crippen molar-refractivity contribution in [2.45, 2.75) is 19.9 Å². The number of nitrogens with one attached hydrogen (secondary N) is 1. The van der Waals surface area contributed by atoms with Gasteiger partial charge >= 0.3 is 0 Å². The largest absolute Gasteiger partial charge is 0.344 e. The van der Waals surface area contributed by atoms with Crippen molar-refractivity contribution in [3.8, 4) is 0 Å². The first-order valence-corrected chi connectivity index (χ1v) is 7.84. The van der Waals surface area contributed by atoms with E-state index in [-0.39, 0.29) is 11.9 Å². The molecule has 0 saturated carbocycles. The van der Waals surface area contributed by atoms with Crippen LogP contribution in [0.5, 0.6) is 0 Å². The molecule has 0 fully saturated rings. The van der Waals surface area contributed by atoms with Crippen LogP contribution in [0.1, 0.15) is 25.5 Å². The van der Waals surface area contributed by atoms with Gasteiger partial charge in [0.05, 0.1) is 0 Å². The highest BCUT2D eigenvalue weighted by Gasteiger charge is 2.15. The smallest absolute Gasteiger partial charge is 0.125 e. The Morgan fingerprint density at radius 2 is 2.00 bits per heavy atom. The maximum atomic E-state index is 13.5. The molecule has 0 saturated heterocycles. The van der Waals surface area contributed by atoms with E-state index in [2.05, 4.69) is 47.2 Å². The number of halogens is 2. The van der Waals surface area contributed by atoms with Gasteiger partial charge in [0.15, 0.2) is 0 Å². The van der Waals surface area contributed by atoms with Crippen LogP contribution >= 0.6 is 15.9 Å². The summed E-state index contributed by atoms with van der Waals surface area (Å²) in [6, 6.07) is 13.1. The lowest BCUT2D eigenvalue weighted by molar-refractivity contribution is 0.598. The Kier molecular flexibility index (Phi) is 5.37. The van der Waals surface area contributed by atoms with Crippen LogP contribution in [0.25, 0.3) is 0 Å². The van der Waals surface area contributed by atoms with Gasteiger partial charge in [-0.15, -0.1) is 0 Å². The Morgan fingerprint density at radius 1 is 1.24 bits per heavy atom. The lowest BCUT2D eigenvalue weighted by Gasteiger charge is -2.26. The number of benzene rings is 2. The van der Waals surface area contributed by atoms with Gasteiger partial charge in [0.25, 0.3) is 0 Å². The van der Waals surface area contributed by atoms with Crippen molar-refractivity contribution in [2.24, 2.45) is 0 Å². The predicted octanol–water partition coefficient (Wildman–Crippen LogP) is 5.03. The zero-order chi connectivity index (χ0) is 15.4. The molecule has 0 spiro atoms. The Balaban J connectivity index is 2.43. The fourth-order valence-electron chi connectivity index (χ4n) is 2.41. The molecule has 2 aromatic rings. The van der Waals surface area contributed by atoms with Gasteiger partial charge < -0.3 is 10.2 Å². The molecule has 0 amide bonds. The molecular formula is C17H20BrFN2. The number of rotatable bonds is 5. The Morgan fingerprint density at radius 3 is 2.67 bits per heavy atom. The summed E-state index contributed by atoms with van der Waals surface area (Å²) in [6.07, 6.45) is 0. The molecule has 0 radical (unpaired) electrons. The number of nitrogens with zero attached hydrogens (tertiary/aromatic N) is 1. The van der Waals surface area contributed by atoms with E-state index >= 15 is 0 Å². The second-order valence-electron chi connectivity index (χ2n) is 5.02. The molecule has 2 rings (SSSR count). The highest BCUT2D eigenvalue weighted by atomic mass is 79.9. The lowest BCUT2D eigenvalue weighted by Crippen LogP contribution is -2.21. The number of anilines is 2. The second kappa shape index (κ2) is 7.05. The van der Waals surface area contributed by atoms with Gasteiger partial charge in [-0.3, -0.25) is 0 Å². The molecule has 0 aliphatic rings. The molecule has 4 heteroatoms. The van der Waals surface area contributed by atoms with Crippen LogP contribution in [0, 0.1) is 5.82 Å². The van der Waals surface area contributed by atoms with E-state index in [1.54, 1.807) is 12.1 Å². The molecule has 2 nitrogen and oxygen atoms in total. The molecule has 21 heavy (non-hydrogen) atoms. The third kappa shape index (κ3) is 3.83. The Labute approximate surface area is 134 Å². The average molecular weight is 351 g/mol. The van der Waals surface area contributed by atoms with Gasteiger partial charge in [-0.1, -0.05) is 35.0 Å². The number of hydrogen-bond donors (Lipinski definition) is 1. The van der Waals surface area contributed by atoms with E-state index in [1.807, 2.05) is 24.1 Å². The minimum Gasteiger partial charge on any atom is -0.344 e. The molecule has 0 heterocycles. The summed E-state index contributed by atoms with van der Waals surface area (Å²) in [5.74, 6) is -0.226. The monoisotopic (exact) mass is 350 g/mol. The highest BCUT2D eigenvalue weighted by Crippen LogP contribution is 2.33. The van der Waals surface area contributed by atoms with Gasteiger partial charge in [0.1, 0.15) is 5.82 Å². The number of hydrogen-bond acceptors (Lipinski definition) is 2. The minimum absolute atomic E-state index is 0.226. The first-order chi connectivity index (χ1) is 10.0. The summed E-state index contributed by atoms with van der Waals surface area (Å²) >= 11 is 3.52. The highest BCUT2D eigenvalue weighted by molar-refractivity contribution is 9.10. The summed E-state index contributed by atoms with van der Waals surface area (Å²) in [5.41, 5.74) is 3.08. The van der Waals surface area contributed by atoms with Crippen molar-refractivity contribution in [2.75, 3.05) is 18.5 Å². The molecule has 1 atom stereocenters. The van der Waals surface area contributed by atoms with E-state index in [0.717, 1.165) is 22.4 Å². The zero-order valence-electron chi connectivity index (χ0n) is 12.5. The third-order valence-corrected chi connectivity index (χ3v) is 4.02. The van der Waals surface area contributed by atoms with Crippen molar-refractivity contribution >= 4 is 27.3 Å². The summed E-state index contributed by atoms with van der Waals surface area (Å²) in [7, 11) is 1.96. The molecule has 112 valence electrons. The van der Waals surface area contributed by atoms with Crippen molar-refractivity contribution < 1.29 is 4.39 Å². The van der Waals surface area contributed by atoms with Gasteiger partial charge in [0, 0.05) is 28.9 Å². The van der Waals surface area contributed by atoms with Gasteiger partial charge in [-0.05, 0) is 49.4 Å². The second-order valence-corrected chi connectivity index (χ2v) is 5.94. The van der Waals surface area contributed by atoms with Crippen LogP contribution in [0.15, 0.2) is 46.9 Å². The maximum absolute atomic E-state index is 13.5. The van der Waals surface area contributed by atoms with Crippen LogP contribution in [-0.4, -0.2) is 13.6 Å². The van der Waals surface area contributed by atoms with Crippen LogP contribution in [0.4, 0.5) is 15.8 Å². The predicted molar refractivity (Wildman–Crippen MR) is 90.7 cm³/mol. The van der Waals surface area contributed by atoms with E-state index in [4.69, 9.17) is 0 Å². The third-order valence-electron chi connectivity index (χ3n) is 3.53. The molecule has 1 N–H and O–H groups in total. The van der Waals surface area contributed by atoms with Crippen molar-refractivity contribution in [1.82, 2.24) is 5.32 Å². The lowest BCUT2D eigenvalue weighted by atomic mass is 10.0. The van der Waals surface area contributed by atoms with Crippen LogP contribution < -0.4 is 10.2 Å². The molecule has 0 aliphatic heterocycles. The quantitative estimate of drug-likeness (QED) is 0.813. The minimum atomic E-state index is -0.226. The van der Waals surface area contributed by atoms with Crippen molar-refractivity contribution in [3.05, 3.63) is 58.3 Å². The molecule has 1 unspecified atom stereocenters. The molecular weight excluding hydrogens is 331 g/mol. The van der Waals surface area contributed by atoms with Crippen molar-refractivity contribution in [1.29, 1.82) is 0 Å². The average Bonchev–Trinajstić information content (AvgIpc) is 2.46. The maximum Gasteiger partial charge on any atom is 0.125 e. The topological polar surface area (TPSA) is 15.3 Å². The van der Waals surface area contributed by atoms with Crippen LogP contribution in [0.2, 0.25) is 0 Å². The van der Waals surface area contributed by atoms with Crippen molar-refractivity contribution in [3.63, 3.8) is 0 Å². The summed E-state index contributed by atoms with van der Waals surface area (Å²) in [4.78, 5) is 2.01. The van der Waals surface area contributed by atoms with Gasteiger partial charge in [-0.2, -0.15) is 0 Å². The van der Waals surface area contributed by atoms with Gasteiger partial charge in [0.2, 0.25) is 0 Å². The fraction of sp³-hybridized carbons (Fsp3) is 0.294. The molecule has 0 bridgehead atoms. The normalized spacial score (nSPS) is 12.2. The standard InChI is InChI=1S/C17H20BrFN2/c1-4-20-12(2)16-9-8-13(18)10-17(16)21(3)15-7-5-6-14(19)11-15/h5-12,20H,4H2,1-3H3. The molecule has 0 aromatic heterocycles. The van der Waals surface area contributed by atoms with Crippen LogP contribution in [0.3, 0.4) is 0 Å². The summed E-state index contributed by atoms with van der Waals surface area (Å²) in [5, 5.41) is 3.42. The van der Waals surface area contributed by atoms with E-state index in [9.17, 15) is 4.39 Å². The van der Waals surface area contributed by atoms with Crippen LogP contribution in [-0.2, 0) is 0 Å². The van der Waals surface area contributed by atoms with E-state index in [0.29, 0.717) is 0 Å². The molecule has 2 aromatic carbocycles. The van der Waals surface area contributed by atoms with Gasteiger partial charge in [-0.25, -0.2) is 4.39 Å². The Bertz CT molecular complexity index is 615. The first-order valence-electron chi connectivity index (χ1n) is 7.05. The Hall–Kier alpha value is -1.39. The summed E-state index contributed by atoms with van der Waals surface area (Å²) < 4.78 is 14.5. The SMILES string of the molecule is CCNC(C)c1ccc(Br)cc1N(C)c1cccc(F)c1.